The van der Waals surface area contributed by atoms with E-state index in [0.29, 0.717) is 54.5 Å². The van der Waals surface area contributed by atoms with Gasteiger partial charge in [-0.2, -0.15) is 0 Å². The number of nitrogens with zero attached hydrogens (tertiary/aromatic N) is 2. The summed E-state index contributed by atoms with van der Waals surface area (Å²) in [7, 11) is 0. The predicted octanol–water partition coefficient (Wildman–Crippen LogP) is 4.05. The third-order valence-electron chi connectivity index (χ3n) is 5.50. The molecule has 3 heterocycles. The Morgan fingerprint density at radius 2 is 1.88 bits per heavy atom. The van der Waals surface area contributed by atoms with Crippen LogP contribution in [0.2, 0.25) is 0 Å². The molecule has 4 rings (SSSR count). The highest BCUT2D eigenvalue weighted by Crippen LogP contribution is 2.39. The van der Waals surface area contributed by atoms with Gasteiger partial charge >= 0.3 is 6.09 Å². The SMILES string of the molecule is CCOC(=O)N1CCC(N2C(=O)C(SCc3ccco3)=C(c3ccc(F)cc3)C2=O)CC1. The van der Waals surface area contributed by atoms with E-state index in [1.54, 1.807) is 30.2 Å². The molecule has 0 radical (unpaired) electrons. The molecule has 0 aliphatic carbocycles. The summed E-state index contributed by atoms with van der Waals surface area (Å²) in [6.45, 7) is 2.85. The molecule has 1 fully saturated rings. The molecule has 3 amide bonds. The topological polar surface area (TPSA) is 80.1 Å². The van der Waals surface area contributed by atoms with Gasteiger partial charge in [0, 0.05) is 19.1 Å². The van der Waals surface area contributed by atoms with Crippen LogP contribution in [-0.2, 0) is 20.1 Å². The number of carbonyl (C=O) groups is 3. The number of carbonyl (C=O) groups excluding carboxylic acids is 3. The van der Waals surface area contributed by atoms with Crippen LogP contribution in [0.25, 0.3) is 5.57 Å². The monoisotopic (exact) mass is 458 g/mol. The standard InChI is InChI=1S/C23H23FN2O5S/c1-2-30-23(29)25-11-9-17(10-12-25)26-21(27)19(15-5-7-16(24)8-6-15)20(22(26)28)32-14-18-4-3-13-31-18/h3-8,13,17H,2,9-12,14H2,1H3. The molecule has 168 valence electrons. The molecule has 7 nitrogen and oxygen atoms in total. The molecular weight excluding hydrogens is 435 g/mol. The summed E-state index contributed by atoms with van der Waals surface area (Å²) < 4.78 is 23.9. The van der Waals surface area contributed by atoms with E-state index >= 15 is 0 Å². The summed E-state index contributed by atoms with van der Waals surface area (Å²) in [6, 6.07) is 8.81. The highest BCUT2D eigenvalue weighted by atomic mass is 32.2. The van der Waals surface area contributed by atoms with Gasteiger partial charge in [-0.05, 0) is 49.6 Å². The van der Waals surface area contributed by atoms with E-state index in [-0.39, 0.29) is 23.6 Å². The fourth-order valence-electron chi connectivity index (χ4n) is 3.92. The van der Waals surface area contributed by atoms with Crippen molar-refractivity contribution in [1.82, 2.24) is 9.80 Å². The number of hydrogen-bond acceptors (Lipinski definition) is 6. The maximum absolute atomic E-state index is 13.5. The van der Waals surface area contributed by atoms with Crippen molar-refractivity contribution in [3.63, 3.8) is 0 Å². The number of amides is 3. The van der Waals surface area contributed by atoms with Crippen molar-refractivity contribution in [1.29, 1.82) is 0 Å². The molecule has 2 aliphatic rings. The molecule has 1 aromatic carbocycles. The smallest absolute Gasteiger partial charge is 0.409 e. The number of furan rings is 1. The first kappa shape index (κ1) is 22.1. The fraction of sp³-hybridized carbons (Fsp3) is 0.348. The molecule has 0 atom stereocenters. The van der Waals surface area contributed by atoms with Crippen LogP contribution in [0.5, 0.6) is 0 Å². The third-order valence-corrected chi connectivity index (χ3v) is 6.60. The predicted molar refractivity (Wildman–Crippen MR) is 117 cm³/mol. The van der Waals surface area contributed by atoms with Crippen molar-refractivity contribution < 1.29 is 27.9 Å². The minimum atomic E-state index is -0.417. The van der Waals surface area contributed by atoms with Crippen LogP contribution >= 0.6 is 11.8 Å². The first-order chi connectivity index (χ1) is 15.5. The van der Waals surface area contributed by atoms with Crippen molar-refractivity contribution >= 4 is 35.2 Å². The van der Waals surface area contributed by atoms with Gasteiger partial charge in [0.05, 0.1) is 29.1 Å². The van der Waals surface area contributed by atoms with Crippen molar-refractivity contribution in [2.75, 3.05) is 19.7 Å². The van der Waals surface area contributed by atoms with Crippen molar-refractivity contribution in [2.24, 2.45) is 0 Å². The molecule has 0 N–H and O–H groups in total. The lowest BCUT2D eigenvalue weighted by Crippen LogP contribution is -2.49. The Morgan fingerprint density at radius 3 is 2.50 bits per heavy atom. The average Bonchev–Trinajstić information content (AvgIpc) is 3.39. The molecule has 9 heteroatoms. The van der Waals surface area contributed by atoms with Crippen molar-refractivity contribution in [3.05, 3.63) is 64.7 Å². The highest BCUT2D eigenvalue weighted by Gasteiger charge is 2.44. The summed E-state index contributed by atoms with van der Waals surface area (Å²) in [6.07, 6.45) is 2.12. The molecule has 0 spiro atoms. The second kappa shape index (κ2) is 9.60. The normalized spacial score (nSPS) is 17.4. The van der Waals surface area contributed by atoms with Crippen molar-refractivity contribution in [3.8, 4) is 0 Å². The minimum absolute atomic E-state index is 0.277. The van der Waals surface area contributed by atoms with Gasteiger partial charge in [-0.25, -0.2) is 9.18 Å². The molecular formula is C23H23FN2O5S. The summed E-state index contributed by atoms with van der Waals surface area (Å²) in [5.74, 6) is -0.0959. The highest BCUT2D eigenvalue weighted by molar-refractivity contribution is 8.03. The zero-order valence-corrected chi connectivity index (χ0v) is 18.4. The largest absolute Gasteiger partial charge is 0.468 e. The number of hydrogen-bond donors (Lipinski definition) is 0. The van der Waals surface area contributed by atoms with Gasteiger partial charge in [0.2, 0.25) is 0 Å². The Hall–Kier alpha value is -3.07. The van der Waals surface area contributed by atoms with Gasteiger partial charge in [-0.1, -0.05) is 12.1 Å². The van der Waals surface area contributed by atoms with E-state index < -0.39 is 11.7 Å². The van der Waals surface area contributed by atoms with Crippen LogP contribution in [0.4, 0.5) is 9.18 Å². The Kier molecular flexibility index (Phi) is 6.64. The third kappa shape index (κ3) is 4.43. The molecule has 0 unspecified atom stereocenters. The summed E-state index contributed by atoms with van der Waals surface area (Å²) in [5, 5.41) is 0. The number of rotatable bonds is 6. The number of ether oxygens (including phenoxy) is 1. The second-order valence-corrected chi connectivity index (χ2v) is 8.46. The summed E-state index contributed by atoms with van der Waals surface area (Å²) in [5.41, 5.74) is 0.775. The average molecular weight is 459 g/mol. The van der Waals surface area contributed by atoms with E-state index in [4.69, 9.17) is 9.15 Å². The Morgan fingerprint density at radius 1 is 1.16 bits per heavy atom. The van der Waals surface area contributed by atoms with Crippen LogP contribution in [-0.4, -0.2) is 53.4 Å². The van der Waals surface area contributed by atoms with Gasteiger partial charge in [0.15, 0.2) is 0 Å². The first-order valence-corrected chi connectivity index (χ1v) is 11.4. The van der Waals surface area contributed by atoms with Crippen LogP contribution in [0.1, 0.15) is 31.1 Å². The molecule has 32 heavy (non-hydrogen) atoms. The van der Waals surface area contributed by atoms with E-state index in [1.165, 1.54) is 40.9 Å². The van der Waals surface area contributed by atoms with Gasteiger partial charge in [-0.3, -0.25) is 14.5 Å². The van der Waals surface area contributed by atoms with E-state index in [9.17, 15) is 18.8 Å². The lowest BCUT2D eigenvalue weighted by Gasteiger charge is -2.35. The zero-order valence-electron chi connectivity index (χ0n) is 17.6. The lowest BCUT2D eigenvalue weighted by molar-refractivity contribution is -0.140. The number of likely N-dealkylation sites (tertiary alicyclic amines) is 1. The quantitative estimate of drug-likeness (QED) is 0.608. The zero-order chi connectivity index (χ0) is 22.7. The van der Waals surface area contributed by atoms with Crippen molar-refractivity contribution in [2.45, 2.75) is 31.6 Å². The minimum Gasteiger partial charge on any atom is -0.468 e. The van der Waals surface area contributed by atoms with E-state index in [2.05, 4.69) is 0 Å². The van der Waals surface area contributed by atoms with E-state index in [1.807, 2.05) is 0 Å². The first-order valence-electron chi connectivity index (χ1n) is 10.4. The van der Waals surface area contributed by atoms with Crippen LogP contribution in [0.15, 0.2) is 52.0 Å². The molecule has 0 saturated carbocycles. The Balaban J connectivity index is 1.56. The molecule has 1 saturated heterocycles. The van der Waals surface area contributed by atoms with Crippen LogP contribution < -0.4 is 0 Å². The second-order valence-electron chi connectivity index (χ2n) is 7.48. The van der Waals surface area contributed by atoms with E-state index in [0.717, 1.165) is 0 Å². The molecule has 1 aromatic heterocycles. The molecule has 2 aliphatic heterocycles. The number of thioether (sulfide) groups is 1. The van der Waals surface area contributed by atoms with Gasteiger partial charge in [0.1, 0.15) is 11.6 Å². The summed E-state index contributed by atoms with van der Waals surface area (Å²) in [4.78, 5) is 41.9. The summed E-state index contributed by atoms with van der Waals surface area (Å²) >= 11 is 1.24. The number of benzene rings is 1. The van der Waals surface area contributed by atoms with Crippen LogP contribution in [0, 0.1) is 5.82 Å². The maximum atomic E-state index is 13.5. The Bertz CT molecular complexity index is 1030. The number of halogens is 1. The number of piperidine rings is 1. The fourth-order valence-corrected chi connectivity index (χ4v) is 4.94. The molecule has 2 aromatic rings. The Labute approximate surface area is 189 Å². The van der Waals surface area contributed by atoms with Crippen LogP contribution in [0.3, 0.4) is 0 Å². The van der Waals surface area contributed by atoms with Gasteiger partial charge < -0.3 is 14.1 Å². The maximum Gasteiger partial charge on any atom is 0.409 e. The lowest BCUT2D eigenvalue weighted by atomic mass is 10.0. The number of imide groups is 1. The molecule has 0 bridgehead atoms. The van der Waals surface area contributed by atoms with Gasteiger partial charge in [0.25, 0.3) is 11.8 Å². The van der Waals surface area contributed by atoms with Gasteiger partial charge in [-0.15, -0.1) is 11.8 Å².